The summed E-state index contributed by atoms with van der Waals surface area (Å²) < 4.78 is 36.2. The van der Waals surface area contributed by atoms with Crippen molar-refractivity contribution in [3.63, 3.8) is 0 Å². The van der Waals surface area contributed by atoms with E-state index in [0.717, 1.165) is 0 Å². The molecule has 0 aliphatic carbocycles. The third-order valence-electron chi connectivity index (χ3n) is 4.50. The summed E-state index contributed by atoms with van der Waals surface area (Å²) in [5, 5.41) is -0.153. The van der Waals surface area contributed by atoms with Gasteiger partial charge in [0, 0.05) is 18.1 Å². The van der Waals surface area contributed by atoms with Crippen molar-refractivity contribution in [2.24, 2.45) is 0 Å². The molecule has 0 saturated carbocycles. The van der Waals surface area contributed by atoms with E-state index in [1.807, 2.05) is 0 Å². The molecule has 0 radical (unpaired) electrons. The Balaban J connectivity index is 1.61. The number of halogens is 1. The van der Waals surface area contributed by atoms with Crippen LogP contribution in [0.15, 0.2) is 53.4 Å². The average Bonchev–Trinajstić information content (AvgIpc) is 3.18. The van der Waals surface area contributed by atoms with Crippen molar-refractivity contribution in [1.82, 2.24) is 4.90 Å². The van der Waals surface area contributed by atoms with Crippen LogP contribution in [0, 0.1) is 0 Å². The fourth-order valence-electron chi connectivity index (χ4n) is 2.99. The number of ether oxygens (including phenoxy) is 2. The van der Waals surface area contributed by atoms with Gasteiger partial charge in [0.05, 0.1) is 17.3 Å². The number of benzene rings is 2. The molecule has 2 aromatic carbocycles. The van der Waals surface area contributed by atoms with Crippen LogP contribution in [-0.2, 0) is 14.6 Å². The van der Waals surface area contributed by atoms with E-state index < -0.39 is 15.1 Å². The predicted molar refractivity (Wildman–Crippen MR) is 102 cm³/mol. The molecule has 1 amide bonds. The summed E-state index contributed by atoms with van der Waals surface area (Å²) in [5.41, 5.74) is 0. The number of sulfone groups is 1. The highest BCUT2D eigenvalue weighted by Gasteiger charge is 2.36. The second-order valence-corrected chi connectivity index (χ2v) is 8.85. The van der Waals surface area contributed by atoms with Crippen molar-refractivity contribution in [2.75, 3.05) is 26.8 Å². The van der Waals surface area contributed by atoms with E-state index in [1.54, 1.807) is 36.4 Å². The number of carbonyl (C=O) groups is 1. The van der Waals surface area contributed by atoms with Crippen LogP contribution in [0.3, 0.4) is 0 Å². The smallest absolute Gasteiger partial charge is 0.260 e. The Bertz CT molecular complexity index is 914. The first-order valence-electron chi connectivity index (χ1n) is 8.45. The summed E-state index contributed by atoms with van der Waals surface area (Å²) in [4.78, 5) is 14.2. The summed E-state index contributed by atoms with van der Waals surface area (Å²) in [5.74, 6) is 0.752. The molecule has 1 unspecified atom stereocenters. The van der Waals surface area contributed by atoms with E-state index in [1.165, 1.54) is 24.1 Å². The number of methoxy groups -OCH3 is 1. The van der Waals surface area contributed by atoms with Crippen LogP contribution in [-0.4, -0.2) is 51.3 Å². The average molecular weight is 410 g/mol. The largest absolute Gasteiger partial charge is 0.493 e. The molecule has 1 aliphatic rings. The molecule has 0 aromatic heterocycles. The van der Waals surface area contributed by atoms with Crippen molar-refractivity contribution in [3.05, 3.63) is 53.6 Å². The van der Waals surface area contributed by atoms with Crippen molar-refractivity contribution in [2.45, 2.75) is 16.6 Å². The summed E-state index contributed by atoms with van der Waals surface area (Å²) in [7, 11) is -1.99. The van der Waals surface area contributed by atoms with E-state index in [0.29, 0.717) is 29.5 Å². The molecule has 6 nitrogen and oxygen atoms in total. The highest BCUT2D eigenvalue weighted by molar-refractivity contribution is 7.92. The van der Waals surface area contributed by atoms with Crippen LogP contribution in [0.5, 0.6) is 11.5 Å². The van der Waals surface area contributed by atoms with Gasteiger partial charge < -0.3 is 14.4 Å². The fourth-order valence-corrected chi connectivity index (χ4v) is 4.81. The molecular weight excluding hydrogens is 390 g/mol. The third kappa shape index (κ3) is 4.36. The topological polar surface area (TPSA) is 72.9 Å². The molecule has 8 heteroatoms. The van der Waals surface area contributed by atoms with Crippen LogP contribution in [0.2, 0.25) is 5.02 Å². The molecule has 1 atom stereocenters. The summed E-state index contributed by atoms with van der Waals surface area (Å²) in [6.07, 6.45) is 0.394. The van der Waals surface area contributed by atoms with E-state index in [2.05, 4.69) is 0 Å². The number of likely N-dealkylation sites (tertiary alicyclic amines) is 1. The van der Waals surface area contributed by atoms with E-state index in [-0.39, 0.29) is 24.0 Å². The molecule has 0 bridgehead atoms. The number of carbonyl (C=O) groups excluding carboxylic acids is 1. The first kappa shape index (κ1) is 19.5. The van der Waals surface area contributed by atoms with Crippen molar-refractivity contribution >= 4 is 27.3 Å². The standard InChI is InChI=1S/C19H20ClNO5S/c1-25-17-4-2-3-5-18(17)26-13-19(22)21-11-10-16(12-21)27(23,24)15-8-6-14(20)7-9-15/h2-9,16H,10-13H2,1H3. The Labute approximate surface area is 163 Å². The second kappa shape index (κ2) is 8.19. The van der Waals surface area contributed by atoms with Gasteiger partial charge in [-0.15, -0.1) is 0 Å². The van der Waals surface area contributed by atoms with Gasteiger partial charge in [-0.05, 0) is 42.8 Å². The zero-order valence-corrected chi connectivity index (χ0v) is 16.4. The zero-order chi connectivity index (χ0) is 19.4. The lowest BCUT2D eigenvalue weighted by molar-refractivity contribution is -0.132. The number of amides is 1. The Hall–Kier alpha value is -2.25. The quantitative estimate of drug-likeness (QED) is 0.733. The first-order valence-corrected chi connectivity index (χ1v) is 10.4. The highest BCUT2D eigenvalue weighted by Crippen LogP contribution is 2.27. The minimum atomic E-state index is -3.51. The maximum Gasteiger partial charge on any atom is 0.260 e. The summed E-state index contributed by atoms with van der Waals surface area (Å²) >= 11 is 5.82. The molecule has 1 saturated heterocycles. The van der Waals surface area contributed by atoms with Gasteiger partial charge in [-0.3, -0.25) is 4.79 Å². The van der Waals surface area contributed by atoms with Gasteiger partial charge in [-0.25, -0.2) is 8.42 Å². The summed E-state index contributed by atoms with van der Waals surface area (Å²) in [6, 6.07) is 13.1. The maximum absolute atomic E-state index is 12.7. The van der Waals surface area contributed by atoms with Gasteiger partial charge in [0.2, 0.25) is 0 Å². The van der Waals surface area contributed by atoms with Crippen molar-refractivity contribution in [1.29, 1.82) is 0 Å². The minimum absolute atomic E-state index is 0.152. The van der Waals surface area contributed by atoms with Crippen molar-refractivity contribution < 1.29 is 22.7 Å². The van der Waals surface area contributed by atoms with Crippen LogP contribution in [0.25, 0.3) is 0 Å². The number of para-hydroxylation sites is 2. The van der Waals surface area contributed by atoms with Crippen LogP contribution < -0.4 is 9.47 Å². The molecular formula is C19H20ClNO5S. The maximum atomic E-state index is 12.7. The number of hydrogen-bond donors (Lipinski definition) is 0. The molecule has 1 fully saturated rings. The van der Waals surface area contributed by atoms with Gasteiger partial charge in [0.25, 0.3) is 5.91 Å². The lowest BCUT2D eigenvalue weighted by Gasteiger charge is -2.18. The molecule has 144 valence electrons. The fraction of sp³-hybridized carbons (Fsp3) is 0.316. The molecule has 0 spiro atoms. The van der Waals surface area contributed by atoms with E-state index in [4.69, 9.17) is 21.1 Å². The number of hydrogen-bond acceptors (Lipinski definition) is 5. The Morgan fingerprint density at radius 1 is 1.15 bits per heavy atom. The van der Waals surface area contributed by atoms with Crippen LogP contribution >= 0.6 is 11.6 Å². The van der Waals surface area contributed by atoms with Gasteiger partial charge in [-0.1, -0.05) is 23.7 Å². The zero-order valence-electron chi connectivity index (χ0n) is 14.8. The second-order valence-electron chi connectivity index (χ2n) is 6.19. The van der Waals surface area contributed by atoms with Gasteiger partial charge in [0.1, 0.15) is 0 Å². The summed E-state index contributed by atoms with van der Waals surface area (Å²) in [6.45, 7) is 0.360. The van der Waals surface area contributed by atoms with Crippen LogP contribution in [0.4, 0.5) is 0 Å². The predicted octanol–water partition coefficient (Wildman–Crippen LogP) is 2.80. The van der Waals surface area contributed by atoms with Crippen molar-refractivity contribution in [3.8, 4) is 11.5 Å². The Morgan fingerprint density at radius 3 is 2.48 bits per heavy atom. The van der Waals surface area contributed by atoms with E-state index in [9.17, 15) is 13.2 Å². The molecule has 3 rings (SSSR count). The highest BCUT2D eigenvalue weighted by atomic mass is 35.5. The van der Waals surface area contributed by atoms with Crippen LogP contribution in [0.1, 0.15) is 6.42 Å². The number of nitrogens with zero attached hydrogens (tertiary/aromatic N) is 1. The normalized spacial score (nSPS) is 17.0. The van der Waals surface area contributed by atoms with E-state index >= 15 is 0 Å². The first-order chi connectivity index (χ1) is 12.9. The lowest BCUT2D eigenvalue weighted by Crippen LogP contribution is -2.35. The molecule has 27 heavy (non-hydrogen) atoms. The molecule has 2 aromatic rings. The van der Waals surface area contributed by atoms with Gasteiger partial charge in [-0.2, -0.15) is 0 Å². The van der Waals surface area contributed by atoms with Gasteiger partial charge in [0.15, 0.2) is 27.9 Å². The van der Waals surface area contributed by atoms with Gasteiger partial charge >= 0.3 is 0 Å². The molecule has 0 N–H and O–H groups in total. The minimum Gasteiger partial charge on any atom is -0.493 e. The monoisotopic (exact) mass is 409 g/mol. The molecule has 1 aliphatic heterocycles. The Morgan fingerprint density at radius 2 is 1.81 bits per heavy atom. The Kier molecular flexibility index (Phi) is 5.92. The SMILES string of the molecule is COc1ccccc1OCC(=O)N1CCC(S(=O)(=O)c2ccc(Cl)cc2)C1. The lowest BCUT2D eigenvalue weighted by atomic mass is 10.3. The number of rotatable bonds is 6. The third-order valence-corrected chi connectivity index (χ3v) is 6.94. The molecule has 1 heterocycles.